The van der Waals surface area contributed by atoms with Crippen molar-refractivity contribution in [2.24, 2.45) is 0 Å². The Balaban J connectivity index is 1.95. The predicted octanol–water partition coefficient (Wildman–Crippen LogP) is 2.20. The first-order valence-electron chi connectivity index (χ1n) is 7.27. The van der Waals surface area contributed by atoms with Gasteiger partial charge in [0.25, 0.3) is 6.43 Å². The van der Waals surface area contributed by atoms with E-state index < -0.39 is 13.0 Å². The summed E-state index contributed by atoms with van der Waals surface area (Å²) >= 11 is 0. The highest BCUT2D eigenvalue weighted by Gasteiger charge is 2.15. The lowest BCUT2D eigenvalue weighted by Crippen LogP contribution is -2.12. The Morgan fingerprint density at radius 1 is 1.36 bits per heavy atom. The summed E-state index contributed by atoms with van der Waals surface area (Å²) in [4.78, 5) is 12.2. The number of nitrogens with one attached hydrogen (secondary N) is 2. The van der Waals surface area contributed by atoms with Crippen molar-refractivity contribution in [3.8, 4) is 28.3 Å². The number of methoxy groups -OCH3 is 1. The van der Waals surface area contributed by atoms with Gasteiger partial charge in [-0.15, -0.1) is 0 Å². The lowest BCUT2D eigenvalue weighted by atomic mass is 10.1. The molecule has 0 atom stereocenters. The smallest absolute Gasteiger partial charge is 0.255 e. The minimum absolute atomic E-state index is 0.109. The topological polar surface area (TPSA) is 115 Å². The summed E-state index contributed by atoms with van der Waals surface area (Å²) in [5.41, 5.74) is 8.15. The van der Waals surface area contributed by atoms with Gasteiger partial charge in [0.15, 0.2) is 11.6 Å². The van der Waals surface area contributed by atoms with E-state index in [-0.39, 0.29) is 11.8 Å². The van der Waals surface area contributed by atoms with Crippen molar-refractivity contribution in [3.05, 3.63) is 30.7 Å². The van der Waals surface area contributed by atoms with Crippen LogP contribution in [-0.4, -0.2) is 45.2 Å². The number of nitrogens with two attached hydrogens (primary N) is 1. The highest BCUT2D eigenvalue weighted by Crippen LogP contribution is 2.32. The van der Waals surface area contributed by atoms with Crippen molar-refractivity contribution >= 4 is 11.8 Å². The Kier molecular flexibility index (Phi) is 4.68. The minimum Gasteiger partial charge on any atom is -0.493 e. The first-order chi connectivity index (χ1) is 12.1. The molecule has 25 heavy (non-hydrogen) atoms. The molecule has 130 valence electrons. The van der Waals surface area contributed by atoms with E-state index in [0.29, 0.717) is 28.3 Å². The third-order valence-electron chi connectivity index (χ3n) is 3.36. The number of aromatic amines is 1. The van der Waals surface area contributed by atoms with Crippen LogP contribution in [0.5, 0.6) is 5.75 Å². The molecule has 0 amide bonds. The molecular weight excluding hydrogens is 332 g/mol. The highest BCUT2D eigenvalue weighted by molar-refractivity contribution is 5.79. The summed E-state index contributed by atoms with van der Waals surface area (Å²) in [6, 6.07) is 3.36. The number of alkyl halides is 2. The van der Waals surface area contributed by atoms with E-state index in [9.17, 15) is 8.78 Å². The lowest BCUT2D eigenvalue weighted by molar-refractivity contribution is 0.163. The van der Waals surface area contributed by atoms with Gasteiger partial charge in [-0.05, 0) is 12.1 Å². The molecule has 0 spiro atoms. The van der Waals surface area contributed by atoms with Crippen molar-refractivity contribution in [1.82, 2.24) is 25.1 Å². The number of rotatable bonds is 6. The molecule has 4 N–H and O–H groups in total. The van der Waals surface area contributed by atoms with Crippen LogP contribution in [0, 0.1) is 0 Å². The standard InChI is InChI=1S/C15H15F2N7O/c1-25-11-4-8(5-20-14(11)18)13-9(6-22-24-13)10-2-3-19-15(23-10)21-7-12(16)17/h2-6,12H,7H2,1H3,(H2,18,20)(H,22,24)(H,19,21,23). The fourth-order valence-electron chi connectivity index (χ4n) is 2.22. The number of nitrogen functional groups attached to an aromatic ring is 1. The maximum Gasteiger partial charge on any atom is 0.255 e. The molecule has 0 saturated heterocycles. The molecule has 3 aromatic heterocycles. The van der Waals surface area contributed by atoms with Crippen molar-refractivity contribution in [2.45, 2.75) is 6.43 Å². The second kappa shape index (κ2) is 7.07. The first-order valence-corrected chi connectivity index (χ1v) is 7.27. The number of hydrogen-bond acceptors (Lipinski definition) is 7. The Bertz CT molecular complexity index is 869. The van der Waals surface area contributed by atoms with Gasteiger partial charge in [-0.2, -0.15) is 5.10 Å². The van der Waals surface area contributed by atoms with Gasteiger partial charge < -0.3 is 15.8 Å². The SMILES string of the molecule is COc1cc(-c2n[nH]cc2-c2ccnc(NCC(F)F)n2)cnc1N. The van der Waals surface area contributed by atoms with Crippen molar-refractivity contribution in [1.29, 1.82) is 0 Å². The predicted molar refractivity (Wildman–Crippen MR) is 88.3 cm³/mol. The second-order valence-electron chi connectivity index (χ2n) is 5.00. The zero-order chi connectivity index (χ0) is 17.8. The summed E-state index contributed by atoms with van der Waals surface area (Å²) in [7, 11) is 1.49. The number of halogens is 2. The van der Waals surface area contributed by atoms with E-state index in [4.69, 9.17) is 10.5 Å². The molecule has 3 rings (SSSR count). The molecule has 0 aliphatic heterocycles. The van der Waals surface area contributed by atoms with Crippen molar-refractivity contribution < 1.29 is 13.5 Å². The number of ether oxygens (including phenoxy) is 1. The number of anilines is 2. The maximum atomic E-state index is 12.3. The fourth-order valence-corrected chi connectivity index (χ4v) is 2.22. The van der Waals surface area contributed by atoms with Crippen LogP contribution >= 0.6 is 0 Å². The molecule has 0 aliphatic rings. The molecule has 0 aromatic carbocycles. The molecule has 8 nitrogen and oxygen atoms in total. The number of pyridine rings is 1. The van der Waals surface area contributed by atoms with E-state index in [2.05, 4.69) is 30.5 Å². The quantitative estimate of drug-likeness (QED) is 0.626. The molecule has 0 aliphatic carbocycles. The van der Waals surface area contributed by atoms with Crippen LogP contribution in [-0.2, 0) is 0 Å². The van der Waals surface area contributed by atoms with Crippen LogP contribution in [0.1, 0.15) is 0 Å². The maximum absolute atomic E-state index is 12.3. The zero-order valence-corrected chi connectivity index (χ0v) is 13.2. The molecule has 0 saturated carbocycles. The monoisotopic (exact) mass is 347 g/mol. The van der Waals surface area contributed by atoms with Crippen LogP contribution in [0.25, 0.3) is 22.5 Å². The third kappa shape index (κ3) is 3.62. The van der Waals surface area contributed by atoms with Gasteiger partial charge in [-0.1, -0.05) is 0 Å². The summed E-state index contributed by atoms with van der Waals surface area (Å²) in [6.07, 6.45) is 2.20. The average Bonchev–Trinajstić information content (AvgIpc) is 3.10. The van der Waals surface area contributed by atoms with Gasteiger partial charge in [0.05, 0.1) is 19.3 Å². The van der Waals surface area contributed by atoms with Crippen LogP contribution in [0.4, 0.5) is 20.5 Å². The number of hydrogen-bond donors (Lipinski definition) is 3. The number of H-pyrrole nitrogens is 1. The summed E-state index contributed by atoms with van der Waals surface area (Å²) < 4.78 is 29.8. The Labute approximate surface area is 141 Å². The average molecular weight is 347 g/mol. The normalized spacial score (nSPS) is 10.9. The minimum atomic E-state index is -2.50. The first kappa shape index (κ1) is 16.6. The Hall–Kier alpha value is -3.30. The molecule has 0 bridgehead atoms. The second-order valence-corrected chi connectivity index (χ2v) is 5.00. The lowest BCUT2D eigenvalue weighted by Gasteiger charge is -2.08. The molecule has 3 aromatic rings. The van der Waals surface area contributed by atoms with Gasteiger partial charge in [0.1, 0.15) is 5.69 Å². The summed E-state index contributed by atoms with van der Waals surface area (Å²) in [6.45, 7) is -0.527. The van der Waals surface area contributed by atoms with Gasteiger partial charge in [-0.25, -0.2) is 23.7 Å². The van der Waals surface area contributed by atoms with Gasteiger partial charge in [-0.3, -0.25) is 5.10 Å². The van der Waals surface area contributed by atoms with E-state index in [0.717, 1.165) is 0 Å². The van der Waals surface area contributed by atoms with Crippen molar-refractivity contribution in [2.75, 3.05) is 24.7 Å². The van der Waals surface area contributed by atoms with Crippen LogP contribution in [0.2, 0.25) is 0 Å². The van der Waals surface area contributed by atoms with E-state index in [1.54, 1.807) is 24.5 Å². The Morgan fingerprint density at radius 3 is 2.96 bits per heavy atom. The van der Waals surface area contributed by atoms with Crippen LogP contribution in [0.15, 0.2) is 30.7 Å². The molecule has 0 radical (unpaired) electrons. The van der Waals surface area contributed by atoms with Gasteiger partial charge in [0.2, 0.25) is 5.95 Å². The van der Waals surface area contributed by atoms with Crippen molar-refractivity contribution in [3.63, 3.8) is 0 Å². The molecule has 0 fully saturated rings. The van der Waals surface area contributed by atoms with Gasteiger partial charge >= 0.3 is 0 Å². The van der Waals surface area contributed by atoms with E-state index in [1.807, 2.05) is 0 Å². The largest absolute Gasteiger partial charge is 0.493 e. The third-order valence-corrected chi connectivity index (χ3v) is 3.36. The number of nitrogens with zero attached hydrogens (tertiary/aromatic N) is 4. The fraction of sp³-hybridized carbons (Fsp3) is 0.200. The summed E-state index contributed by atoms with van der Waals surface area (Å²) in [5, 5.41) is 9.46. The molecule has 3 heterocycles. The van der Waals surface area contributed by atoms with E-state index in [1.165, 1.54) is 13.3 Å². The molecule has 10 heteroatoms. The zero-order valence-electron chi connectivity index (χ0n) is 13.2. The molecule has 0 unspecified atom stereocenters. The van der Waals surface area contributed by atoms with Gasteiger partial charge in [0, 0.05) is 29.7 Å². The van der Waals surface area contributed by atoms with Crippen LogP contribution in [0.3, 0.4) is 0 Å². The molecular formula is C15H15F2N7O. The van der Waals surface area contributed by atoms with E-state index >= 15 is 0 Å². The summed E-state index contributed by atoms with van der Waals surface area (Å²) in [5.74, 6) is 0.801. The number of aromatic nitrogens is 5. The van der Waals surface area contributed by atoms with Crippen LogP contribution < -0.4 is 15.8 Å². The highest BCUT2D eigenvalue weighted by atomic mass is 19.3. The Morgan fingerprint density at radius 2 is 2.20 bits per heavy atom.